The van der Waals surface area contributed by atoms with Crippen molar-refractivity contribution in [1.29, 1.82) is 0 Å². The SMILES string of the molecule is NNC#CC#CNN. The van der Waals surface area contributed by atoms with Crippen molar-refractivity contribution in [3.8, 4) is 23.9 Å². The Hall–Kier alpha value is -1.36. The Morgan fingerprint density at radius 3 is 1.50 bits per heavy atom. The van der Waals surface area contributed by atoms with Gasteiger partial charge < -0.3 is 0 Å². The van der Waals surface area contributed by atoms with Gasteiger partial charge in [-0.2, -0.15) is 0 Å². The lowest BCUT2D eigenvalue weighted by Gasteiger charge is -1.72. The molecule has 0 saturated heterocycles. The molecule has 0 aliphatic carbocycles. The third-order valence-corrected chi connectivity index (χ3v) is 0.332. The predicted molar refractivity (Wildman–Crippen MR) is 30.2 cm³/mol. The highest BCUT2D eigenvalue weighted by atomic mass is 15.2. The quantitative estimate of drug-likeness (QED) is 0.124. The zero-order valence-electron chi connectivity index (χ0n) is 4.15. The van der Waals surface area contributed by atoms with Gasteiger partial charge in [-0.3, -0.25) is 10.9 Å². The van der Waals surface area contributed by atoms with Crippen molar-refractivity contribution >= 4 is 0 Å². The summed E-state index contributed by atoms with van der Waals surface area (Å²) >= 11 is 0. The van der Waals surface area contributed by atoms with Crippen LogP contribution in [0.25, 0.3) is 0 Å². The summed E-state index contributed by atoms with van der Waals surface area (Å²) in [7, 11) is 0. The molecular formula is C4H6N4. The van der Waals surface area contributed by atoms with Crippen LogP contribution >= 0.6 is 0 Å². The molecule has 6 N–H and O–H groups in total. The fourth-order valence-electron chi connectivity index (χ4n) is 0.135. The first-order valence-electron chi connectivity index (χ1n) is 1.83. The summed E-state index contributed by atoms with van der Waals surface area (Å²) in [6, 6.07) is 4.58. The van der Waals surface area contributed by atoms with Gasteiger partial charge in [0, 0.05) is 23.9 Å². The molecule has 0 aliphatic heterocycles. The second-order valence-electron chi connectivity index (χ2n) is 0.789. The maximum atomic E-state index is 4.77. The number of rotatable bonds is 0. The lowest BCUT2D eigenvalue weighted by molar-refractivity contribution is 1.01. The maximum absolute atomic E-state index is 4.77. The largest absolute Gasteiger partial charge is 0.282 e. The molecule has 0 radical (unpaired) electrons. The second-order valence-corrected chi connectivity index (χ2v) is 0.789. The van der Waals surface area contributed by atoms with Gasteiger partial charge in [0.05, 0.1) is 0 Å². The summed E-state index contributed by atoms with van der Waals surface area (Å²) in [5.41, 5.74) is 4.19. The summed E-state index contributed by atoms with van der Waals surface area (Å²) in [6.45, 7) is 0. The smallest absolute Gasteiger partial charge is 0.0345 e. The summed E-state index contributed by atoms with van der Waals surface area (Å²) < 4.78 is 0. The zero-order valence-corrected chi connectivity index (χ0v) is 4.15. The van der Waals surface area contributed by atoms with Crippen LogP contribution in [-0.2, 0) is 0 Å². The molecule has 0 spiro atoms. The number of nitrogens with two attached hydrogens (primary N) is 2. The number of hydrogen-bond acceptors (Lipinski definition) is 4. The van der Waals surface area contributed by atoms with Crippen LogP contribution in [0.4, 0.5) is 0 Å². The molecule has 0 saturated carbocycles. The molecule has 0 heterocycles. The van der Waals surface area contributed by atoms with Crippen LogP contribution in [0.2, 0.25) is 0 Å². The van der Waals surface area contributed by atoms with Gasteiger partial charge in [-0.25, -0.2) is 11.7 Å². The van der Waals surface area contributed by atoms with E-state index in [0.29, 0.717) is 0 Å². The first-order chi connectivity index (χ1) is 3.91. The Bertz CT molecular complexity index is 132. The fourth-order valence-corrected chi connectivity index (χ4v) is 0.135. The number of hydrazine groups is 2. The molecule has 0 bridgehead atoms. The van der Waals surface area contributed by atoms with E-state index in [9.17, 15) is 0 Å². The van der Waals surface area contributed by atoms with Gasteiger partial charge in [-0.05, 0) is 0 Å². The fraction of sp³-hybridized carbons (Fsp3) is 0. The molecule has 0 aromatic carbocycles. The van der Waals surface area contributed by atoms with Crippen LogP contribution in [0.5, 0.6) is 0 Å². The van der Waals surface area contributed by atoms with E-state index in [1.54, 1.807) is 0 Å². The molecule has 0 atom stereocenters. The minimum atomic E-state index is 2.09. The van der Waals surface area contributed by atoms with Gasteiger partial charge in [0.15, 0.2) is 0 Å². The van der Waals surface area contributed by atoms with E-state index in [1.165, 1.54) is 0 Å². The second kappa shape index (κ2) is 5.64. The van der Waals surface area contributed by atoms with Crippen molar-refractivity contribution in [3.05, 3.63) is 0 Å². The van der Waals surface area contributed by atoms with Crippen LogP contribution in [0.15, 0.2) is 0 Å². The highest BCUT2D eigenvalue weighted by Gasteiger charge is 1.52. The summed E-state index contributed by atoms with van der Waals surface area (Å²) in [6.07, 6.45) is 0. The summed E-state index contributed by atoms with van der Waals surface area (Å²) in [5, 5.41) is 0. The molecule has 4 nitrogen and oxygen atoms in total. The first kappa shape index (κ1) is 6.64. The lowest BCUT2D eigenvalue weighted by atomic mass is 10.7. The van der Waals surface area contributed by atoms with Gasteiger partial charge in [0.25, 0.3) is 0 Å². The molecule has 8 heavy (non-hydrogen) atoms. The lowest BCUT2D eigenvalue weighted by Crippen LogP contribution is -2.14. The van der Waals surface area contributed by atoms with Crippen LogP contribution in [0, 0.1) is 23.9 Å². The molecule has 0 fully saturated rings. The monoisotopic (exact) mass is 110 g/mol. The van der Waals surface area contributed by atoms with E-state index >= 15 is 0 Å². The minimum Gasteiger partial charge on any atom is -0.282 e. The standard InChI is InChI=1S/C4H6N4/c5-7-3-1-2-4-8-6/h7-8H,5-6H2. The molecule has 0 aromatic rings. The Morgan fingerprint density at radius 2 is 1.25 bits per heavy atom. The van der Waals surface area contributed by atoms with Crippen molar-refractivity contribution in [2.45, 2.75) is 0 Å². The first-order valence-corrected chi connectivity index (χ1v) is 1.83. The van der Waals surface area contributed by atoms with Gasteiger partial charge >= 0.3 is 0 Å². The van der Waals surface area contributed by atoms with Crippen molar-refractivity contribution in [1.82, 2.24) is 10.9 Å². The van der Waals surface area contributed by atoms with Crippen LogP contribution in [0.1, 0.15) is 0 Å². The van der Waals surface area contributed by atoms with Crippen molar-refractivity contribution in [3.63, 3.8) is 0 Å². The predicted octanol–water partition coefficient (Wildman–Crippen LogP) is -2.17. The van der Waals surface area contributed by atoms with E-state index in [2.05, 4.69) is 34.8 Å². The molecule has 0 unspecified atom stereocenters. The van der Waals surface area contributed by atoms with E-state index in [1.807, 2.05) is 0 Å². The van der Waals surface area contributed by atoms with E-state index < -0.39 is 0 Å². The highest BCUT2D eigenvalue weighted by molar-refractivity contribution is 5.23. The molecule has 0 aromatic heterocycles. The van der Waals surface area contributed by atoms with Gasteiger partial charge in [0.2, 0.25) is 0 Å². The van der Waals surface area contributed by atoms with E-state index in [4.69, 9.17) is 11.7 Å². The third-order valence-electron chi connectivity index (χ3n) is 0.332. The van der Waals surface area contributed by atoms with Crippen molar-refractivity contribution in [2.24, 2.45) is 11.7 Å². The molecule has 42 valence electrons. The average Bonchev–Trinajstić information content (AvgIpc) is 1.81. The molecule has 0 rings (SSSR count). The Labute approximate surface area is 47.6 Å². The van der Waals surface area contributed by atoms with Crippen LogP contribution < -0.4 is 22.5 Å². The normalized spacial score (nSPS) is 4.75. The molecule has 0 aliphatic rings. The van der Waals surface area contributed by atoms with Crippen LogP contribution in [-0.4, -0.2) is 0 Å². The topological polar surface area (TPSA) is 76.1 Å². The zero-order chi connectivity index (χ0) is 6.24. The van der Waals surface area contributed by atoms with Crippen LogP contribution in [0.3, 0.4) is 0 Å². The summed E-state index contributed by atoms with van der Waals surface area (Å²) in [5.74, 6) is 14.2. The molecule has 4 heteroatoms. The number of hydrogen-bond donors (Lipinski definition) is 4. The van der Waals surface area contributed by atoms with Gasteiger partial charge in [-0.15, -0.1) is 0 Å². The number of nitrogens with one attached hydrogen (secondary N) is 2. The van der Waals surface area contributed by atoms with Crippen molar-refractivity contribution in [2.75, 3.05) is 0 Å². The Balaban J connectivity index is 3.40. The molecule has 0 amide bonds. The average molecular weight is 110 g/mol. The Kier molecular flexibility index (Phi) is 4.68. The third kappa shape index (κ3) is 4.64. The maximum Gasteiger partial charge on any atom is 0.0345 e. The minimum absolute atomic E-state index is 2.09. The Morgan fingerprint density at radius 1 is 0.875 bits per heavy atom. The highest BCUT2D eigenvalue weighted by Crippen LogP contribution is 1.41. The van der Waals surface area contributed by atoms with Crippen molar-refractivity contribution < 1.29 is 0 Å². The molecular weight excluding hydrogens is 104 g/mol. The van der Waals surface area contributed by atoms with E-state index in [0.717, 1.165) is 0 Å². The van der Waals surface area contributed by atoms with E-state index in [-0.39, 0.29) is 0 Å². The van der Waals surface area contributed by atoms with Gasteiger partial charge in [0.1, 0.15) is 0 Å². The van der Waals surface area contributed by atoms with Gasteiger partial charge in [-0.1, -0.05) is 0 Å². The summed E-state index contributed by atoms with van der Waals surface area (Å²) in [4.78, 5) is 0.